The van der Waals surface area contributed by atoms with Crippen molar-refractivity contribution < 1.29 is 18.0 Å². The van der Waals surface area contributed by atoms with Gasteiger partial charge in [0.2, 0.25) is 21.8 Å². The summed E-state index contributed by atoms with van der Waals surface area (Å²) in [5.41, 5.74) is 1.24. The lowest BCUT2D eigenvalue weighted by Gasteiger charge is -2.33. The van der Waals surface area contributed by atoms with Crippen LogP contribution >= 0.6 is 38.5 Å². The number of hydrogen-bond acceptors (Lipinski definition) is 4. The van der Waals surface area contributed by atoms with Gasteiger partial charge >= 0.3 is 0 Å². The van der Waals surface area contributed by atoms with Crippen molar-refractivity contribution in [1.82, 2.24) is 10.2 Å². The third kappa shape index (κ3) is 8.18. The van der Waals surface area contributed by atoms with Crippen LogP contribution in [0.2, 0.25) is 0 Å². The molecule has 35 heavy (non-hydrogen) atoms. The van der Waals surface area contributed by atoms with Crippen LogP contribution in [0.4, 0.5) is 5.69 Å². The summed E-state index contributed by atoms with van der Waals surface area (Å²) < 4.78 is 28.1. The van der Waals surface area contributed by atoms with Gasteiger partial charge < -0.3 is 10.2 Å². The predicted molar refractivity (Wildman–Crippen MR) is 151 cm³/mol. The van der Waals surface area contributed by atoms with Gasteiger partial charge in [-0.05, 0) is 84.3 Å². The fourth-order valence-electron chi connectivity index (χ4n) is 4.20. The van der Waals surface area contributed by atoms with Gasteiger partial charge in [0, 0.05) is 20.6 Å². The zero-order valence-corrected chi connectivity index (χ0v) is 24.5. The highest BCUT2D eigenvalue weighted by Crippen LogP contribution is 2.22. The third-order valence-corrected chi connectivity index (χ3v) is 8.51. The zero-order chi connectivity index (χ0) is 25.6. The van der Waals surface area contributed by atoms with Gasteiger partial charge in [0.15, 0.2) is 0 Å². The highest BCUT2D eigenvalue weighted by molar-refractivity contribution is 14.1. The van der Waals surface area contributed by atoms with Gasteiger partial charge in [0.1, 0.15) is 12.6 Å². The molecule has 7 nitrogen and oxygen atoms in total. The number of carbonyl (C=O) groups excluding carboxylic acids is 2. The standard InChI is InChI=1S/C25H31BrIN3O4S/c1-18(25(32)28-22-9-4-3-5-10-22)29(16-19-7-6-8-20(26)15-19)24(31)17-30(35(2,33)34)23-13-11-21(27)12-14-23/h6-8,11-15,18,22H,3-5,9-10,16-17H2,1-2H3,(H,28,32)/t18-/m1/s1. The Labute approximate surface area is 230 Å². The molecular formula is C25H31BrIN3O4S. The van der Waals surface area contributed by atoms with Crippen molar-refractivity contribution in [3.63, 3.8) is 0 Å². The molecule has 2 aromatic rings. The van der Waals surface area contributed by atoms with Crippen LogP contribution in [0.5, 0.6) is 0 Å². The molecule has 1 aliphatic carbocycles. The number of carbonyl (C=O) groups is 2. The minimum absolute atomic E-state index is 0.112. The van der Waals surface area contributed by atoms with Gasteiger partial charge in [0.05, 0.1) is 11.9 Å². The summed E-state index contributed by atoms with van der Waals surface area (Å²) in [4.78, 5) is 28.2. The van der Waals surface area contributed by atoms with E-state index in [0.717, 1.165) is 49.9 Å². The Hall–Kier alpha value is -1.66. The molecule has 2 aromatic carbocycles. The molecule has 0 spiro atoms. The average molecular weight is 676 g/mol. The molecule has 3 rings (SSSR count). The fourth-order valence-corrected chi connectivity index (χ4v) is 5.86. The van der Waals surface area contributed by atoms with E-state index in [0.29, 0.717) is 5.69 Å². The zero-order valence-electron chi connectivity index (χ0n) is 19.9. The second-order valence-electron chi connectivity index (χ2n) is 8.92. The van der Waals surface area contributed by atoms with Crippen LogP contribution in [0.25, 0.3) is 0 Å². The molecule has 0 aliphatic heterocycles. The number of sulfonamides is 1. The van der Waals surface area contributed by atoms with Crippen LogP contribution in [-0.4, -0.2) is 50.0 Å². The van der Waals surface area contributed by atoms with E-state index in [1.54, 1.807) is 31.2 Å². The van der Waals surface area contributed by atoms with Gasteiger partial charge in [-0.2, -0.15) is 0 Å². The van der Waals surface area contributed by atoms with Crippen LogP contribution < -0.4 is 9.62 Å². The Bertz CT molecular complexity index is 1140. The number of amides is 2. The Kier molecular flexibility index (Phi) is 10.00. The molecule has 0 radical (unpaired) electrons. The van der Waals surface area contributed by atoms with E-state index in [2.05, 4.69) is 43.8 Å². The second kappa shape index (κ2) is 12.5. The molecule has 2 amide bonds. The number of rotatable bonds is 9. The van der Waals surface area contributed by atoms with E-state index in [1.165, 1.54) is 11.3 Å². The number of hydrogen-bond donors (Lipinski definition) is 1. The molecule has 1 saturated carbocycles. The molecule has 0 heterocycles. The minimum atomic E-state index is -3.73. The Morgan fingerprint density at radius 1 is 1.11 bits per heavy atom. The van der Waals surface area contributed by atoms with Gasteiger partial charge in [-0.3, -0.25) is 13.9 Å². The highest BCUT2D eigenvalue weighted by Gasteiger charge is 2.31. The highest BCUT2D eigenvalue weighted by atomic mass is 127. The summed E-state index contributed by atoms with van der Waals surface area (Å²) in [5, 5.41) is 3.10. The third-order valence-electron chi connectivity index (χ3n) is 6.15. The second-order valence-corrected chi connectivity index (χ2v) is 13.0. The minimum Gasteiger partial charge on any atom is -0.352 e. The lowest BCUT2D eigenvalue weighted by Crippen LogP contribution is -2.52. The van der Waals surface area contributed by atoms with Crippen LogP contribution in [0.3, 0.4) is 0 Å². The SMILES string of the molecule is C[C@H](C(=O)NC1CCCCC1)N(Cc1cccc(Br)c1)C(=O)CN(c1ccc(I)cc1)S(C)(=O)=O. The van der Waals surface area contributed by atoms with Crippen LogP contribution in [0.1, 0.15) is 44.6 Å². The number of anilines is 1. The van der Waals surface area contributed by atoms with E-state index < -0.39 is 28.5 Å². The molecule has 0 unspecified atom stereocenters. The summed E-state index contributed by atoms with van der Waals surface area (Å²) in [7, 11) is -3.73. The maximum absolute atomic E-state index is 13.6. The lowest BCUT2D eigenvalue weighted by molar-refractivity contribution is -0.139. The summed E-state index contributed by atoms with van der Waals surface area (Å²) in [6, 6.07) is 13.8. The smallest absolute Gasteiger partial charge is 0.244 e. The topological polar surface area (TPSA) is 86.8 Å². The fraction of sp³-hybridized carbons (Fsp3) is 0.440. The molecule has 1 fully saturated rings. The quantitative estimate of drug-likeness (QED) is 0.391. The van der Waals surface area contributed by atoms with Gasteiger partial charge in [-0.25, -0.2) is 8.42 Å². The molecule has 1 atom stereocenters. The Balaban J connectivity index is 1.86. The number of benzene rings is 2. The van der Waals surface area contributed by atoms with E-state index in [4.69, 9.17) is 0 Å². The van der Waals surface area contributed by atoms with Crippen molar-refractivity contribution in [1.29, 1.82) is 0 Å². The molecule has 1 aliphatic rings. The van der Waals surface area contributed by atoms with Gasteiger partial charge in [-0.1, -0.05) is 47.3 Å². The molecule has 0 bridgehead atoms. The van der Waals surface area contributed by atoms with Gasteiger partial charge in [0.25, 0.3) is 0 Å². The van der Waals surface area contributed by atoms with Gasteiger partial charge in [-0.15, -0.1) is 0 Å². The molecular weight excluding hydrogens is 645 g/mol. The molecule has 0 aromatic heterocycles. The van der Waals surface area contributed by atoms with E-state index in [1.807, 2.05) is 24.3 Å². The first-order valence-corrected chi connectivity index (χ1v) is 15.3. The Morgan fingerprint density at radius 3 is 2.37 bits per heavy atom. The van der Waals surface area contributed by atoms with E-state index >= 15 is 0 Å². The average Bonchev–Trinajstić information content (AvgIpc) is 2.81. The first kappa shape index (κ1) is 27.9. The van der Waals surface area contributed by atoms with Crippen molar-refractivity contribution in [2.45, 2.75) is 57.7 Å². The summed E-state index contributed by atoms with van der Waals surface area (Å²) in [5.74, 6) is -0.666. The molecule has 10 heteroatoms. The van der Waals surface area contributed by atoms with Crippen molar-refractivity contribution in [3.8, 4) is 0 Å². The van der Waals surface area contributed by atoms with Crippen molar-refractivity contribution in [2.24, 2.45) is 0 Å². The van der Waals surface area contributed by atoms with Crippen molar-refractivity contribution in [2.75, 3.05) is 17.1 Å². The van der Waals surface area contributed by atoms with Crippen molar-refractivity contribution in [3.05, 3.63) is 62.1 Å². The van der Waals surface area contributed by atoms with Crippen LogP contribution in [0, 0.1) is 3.57 Å². The number of halogens is 2. The monoisotopic (exact) mass is 675 g/mol. The molecule has 190 valence electrons. The normalized spacial score (nSPS) is 15.3. The predicted octanol–water partition coefficient (Wildman–Crippen LogP) is 4.69. The largest absolute Gasteiger partial charge is 0.352 e. The molecule has 0 saturated heterocycles. The summed E-state index contributed by atoms with van der Waals surface area (Å²) in [6.07, 6.45) is 6.30. The number of nitrogens with one attached hydrogen (secondary N) is 1. The summed E-state index contributed by atoms with van der Waals surface area (Å²) in [6.45, 7) is 1.49. The first-order chi connectivity index (χ1) is 16.5. The number of nitrogens with zero attached hydrogens (tertiary/aromatic N) is 2. The van der Waals surface area contributed by atoms with Crippen LogP contribution in [0.15, 0.2) is 53.0 Å². The van der Waals surface area contributed by atoms with Crippen molar-refractivity contribution >= 4 is 66.0 Å². The summed E-state index contributed by atoms with van der Waals surface area (Å²) >= 11 is 5.59. The Morgan fingerprint density at radius 2 is 1.77 bits per heavy atom. The lowest BCUT2D eigenvalue weighted by atomic mass is 9.95. The van der Waals surface area contributed by atoms with Crippen LogP contribution in [-0.2, 0) is 26.2 Å². The maximum Gasteiger partial charge on any atom is 0.244 e. The maximum atomic E-state index is 13.6. The first-order valence-electron chi connectivity index (χ1n) is 11.6. The van der Waals surface area contributed by atoms with E-state index in [9.17, 15) is 18.0 Å². The van der Waals surface area contributed by atoms with E-state index in [-0.39, 0.29) is 18.5 Å². The molecule has 1 N–H and O–H groups in total.